The number of benzene rings is 2. The Morgan fingerprint density at radius 3 is 2.72 bits per heavy atom. The van der Waals surface area contributed by atoms with E-state index in [4.69, 9.17) is 14.5 Å². The van der Waals surface area contributed by atoms with Crippen LogP contribution < -0.4 is 10.1 Å². The van der Waals surface area contributed by atoms with Crippen molar-refractivity contribution in [3.63, 3.8) is 0 Å². The van der Waals surface area contributed by atoms with Crippen molar-refractivity contribution >= 4 is 22.5 Å². The molecule has 2 N–H and O–H groups in total. The summed E-state index contributed by atoms with van der Waals surface area (Å²) in [4.78, 5) is 20.0. The number of aliphatic hydroxyl groups is 1. The molecule has 0 saturated carbocycles. The molecule has 5 rings (SSSR count). The zero-order valence-electron chi connectivity index (χ0n) is 21.1. The summed E-state index contributed by atoms with van der Waals surface area (Å²) in [5, 5.41) is 14.3. The highest BCUT2D eigenvalue weighted by molar-refractivity contribution is 6.06. The molecule has 0 unspecified atom stereocenters. The normalized spacial score (nSPS) is 19.9. The van der Waals surface area contributed by atoms with E-state index in [-0.39, 0.29) is 12.0 Å². The van der Waals surface area contributed by atoms with Gasteiger partial charge in [-0.25, -0.2) is 0 Å². The van der Waals surface area contributed by atoms with Gasteiger partial charge in [-0.3, -0.25) is 14.7 Å². The average Bonchev–Trinajstić information content (AvgIpc) is 3.40. The number of aromatic nitrogens is 1. The molecule has 1 amide bonds. The van der Waals surface area contributed by atoms with Crippen LogP contribution in [0.5, 0.6) is 5.75 Å². The first kappa shape index (κ1) is 24.7. The summed E-state index contributed by atoms with van der Waals surface area (Å²) in [5.41, 5.74) is 3.76. The summed E-state index contributed by atoms with van der Waals surface area (Å²) in [6.07, 6.45) is 5.79. The van der Waals surface area contributed by atoms with E-state index in [1.807, 2.05) is 44.3 Å². The minimum Gasteiger partial charge on any atom is -0.491 e. The second-order valence-corrected chi connectivity index (χ2v) is 10.4. The van der Waals surface area contributed by atoms with Gasteiger partial charge < -0.3 is 19.9 Å². The number of anilines is 1. The van der Waals surface area contributed by atoms with Gasteiger partial charge in [-0.05, 0) is 87.1 Å². The predicted molar refractivity (Wildman–Crippen MR) is 140 cm³/mol. The minimum atomic E-state index is -0.545. The van der Waals surface area contributed by atoms with Crippen LogP contribution in [0.25, 0.3) is 10.9 Å². The first-order chi connectivity index (χ1) is 17.4. The molecule has 0 spiro atoms. The number of rotatable bonds is 7. The van der Waals surface area contributed by atoms with Crippen LogP contribution in [0.15, 0.2) is 48.7 Å². The maximum Gasteiger partial charge on any atom is 0.255 e. The lowest BCUT2D eigenvalue weighted by molar-refractivity contribution is -0.00731. The highest BCUT2D eigenvalue weighted by Crippen LogP contribution is 2.27. The monoisotopic (exact) mass is 489 g/mol. The number of amides is 1. The molecular formula is C29H35N3O4. The van der Waals surface area contributed by atoms with Gasteiger partial charge in [0.05, 0.1) is 17.2 Å². The van der Waals surface area contributed by atoms with Crippen molar-refractivity contribution in [2.75, 3.05) is 31.6 Å². The Bertz CT molecular complexity index is 1210. The molecule has 2 saturated heterocycles. The highest BCUT2D eigenvalue weighted by Gasteiger charge is 2.27. The number of carbonyl (C=O) groups is 1. The molecule has 2 aliphatic heterocycles. The molecule has 1 aromatic heterocycles. The minimum absolute atomic E-state index is 0.163. The molecule has 0 bridgehead atoms. The molecule has 3 heterocycles. The standard InChI is InChI=1S/C29H35N3O4/c1-20-26(31-28(33)22-5-8-24(9-6-22)36-19-25-4-3-15-35-25)10-7-23-16-21(17-30-27(20)23)18-32-13-11-29(2,34)12-14-32/h5-10,16-17,25,34H,3-4,11-15,18-19H2,1-2H3,(H,31,33)/t25-/m0/s1. The fourth-order valence-corrected chi connectivity index (χ4v) is 4.93. The third-order valence-electron chi connectivity index (χ3n) is 7.33. The van der Waals surface area contributed by atoms with Gasteiger partial charge in [0.2, 0.25) is 0 Å². The number of fused-ring (bicyclic) bond motifs is 1. The van der Waals surface area contributed by atoms with Crippen LogP contribution in [0, 0.1) is 6.92 Å². The number of hydrogen-bond acceptors (Lipinski definition) is 6. The van der Waals surface area contributed by atoms with Crippen molar-refractivity contribution < 1.29 is 19.4 Å². The summed E-state index contributed by atoms with van der Waals surface area (Å²) in [7, 11) is 0. The third kappa shape index (κ3) is 5.86. The number of ether oxygens (including phenoxy) is 2. The second-order valence-electron chi connectivity index (χ2n) is 10.4. The first-order valence-corrected chi connectivity index (χ1v) is 12.9. The van der Waals surface area contributed by atoms with Gasteiger partial charge in [-0.2, -0.15) is 0 Å². The van der Waals surface area contributed by atoms with Crippen molar-refractivity contribution in [3.8, 4) is 5.75 Å². The quantitative estimate of drug-likeness (QED) is 0.501. The van der Waals surface area contributed by atoms with E-state index in [0.717, 1.165) is 85.4 Å². The van der Waals surface area contributed by atoms with E-state index < -0.39 is 5.60 Å². The molecule has 0 radical (unpaired) electrons. The molecule has 1 atom stereocenters. The maximum atomic E-state index is 12.9. The van der Waals surface area contributed by atoms with E-state index >= 15 is 0 Å². The summed E-state index contributed by atoms with van der Waals surface area (Å²) >= 11 is 0. The van der Waals surface area contributed by atoms with Crippen LogP contribution in [-0.2, 0) is 11.3 Å². The maximum absolute atomic E-state index is 12.9. The predicted octanol–water partition coefficient (Wildman–Crippen LogP) is 4.70. The Labute approximate surface area is 212 Å². The molecule has 36 heavy (non-hydrogen) atoms. The molecule has 0 aliphatic carbocycles. The van der Waals surface area contributed by atoms with Crippen LogP contribution in [0.2, 0.25) is 0 Å². The van der Waals surface area contributed by atoms with Gasteiger partial charge >= 0.3 is 0 Å². The molecule has 2 aromatic carbocycles. The number of piperidine rings is 1. The summed E-state index contributed by atoms with van der Waals surface area (Å²) < 4.78 is 11.4. The molecule has 2 fully saturated rings. The Morgan fingerprint density at radius 1 is 1.22 bits per heavy atom. The van der Waals surface area contributed by atoms with Crippen LogP contribution in [0.1, 0.15) is 54.1 Å². The van der Waals surface area contributed by atoms with Crippen LogP contribution in [0.3, 0.4) is 0 Å². The Balaban J connectivity index is 1.21. The number of nitrogens with zero attached hydrogens (tertiary/aromatic N) is 2. The first-order valence-electron chi connectivity index (χ1n) is 12.9. The number of aryl methyl sites for hydroxylation is 1. The SMILES string of the molecule is Cc1c(NC(=O)c2ccc(OC[C@@H]3CCCO3)cc2)ccc2cc(CN3CCC(C)(O)CC3)cnc12. The fraction of sp³-hybridized carbons (Fsp3) is 0.448. The summed E-state index contributed by atoms with van der Waals surface area (Å²) in [6, 6.07) is 13.3. The summed E-state index contributed by atoms with van der Waals surface area (Å²) in [6.45, 7) is 7.84. The van der Waals surface area contributed by atoms with Crippen LogP contribution in [0.4, 0.5) is 5.69 Å². The van der Waals surface area contributed by atoms with Gasteiger partial charge in [-0.1, -0.05) is 6.07 Å². The zero-order valence-corrected chi connectivity index (χ0v) is 21.1. The fourth-order valence-electron chi connectivity index (χ4n) is 4.93. The smallest absolute Gasteiger partial charge is 0.255 e. The molecule has 7 heteroatoms. The summed E-state index contributed by atoms with van der Waals surface area (Å²) in [5.74, 6) is 0.569. The van der Waals surface area contributed by atoms with E-state index in [1.165, 1.54) is 0 Å². The largest absolute Gasteiger partial charge is 0.491 e. The number of nitrogens with one attached hydrogen (secondary N) is 1. The third-order valence-corrected chi connectivity index (χ3v) is 7.33. The topological polar surface area (TPSA) is 83.9 Å². The molecule has 7 nitrogen and oxygen atoms in total. The van der Waals surface area contributed by atoms with Gasteiger partial charge in [0.1, 0.15) is 12.4 Å². The Morgan fingerprint density at radius 2 is 2.00 bits per heavy atom. The number of likely N-dealkylation sites (tertiary alicyclic amines) is 1. The molecule has 190 valence electrons. The van der Waals surface area contributed by atoms with Gasteiger partial charge in [0.15, 0.2) is 0 Å². The van der Waals surface area contributed by atoms with Crippen molar-refractivity contribution in [1.29, 1.82) is 0 Å². The zero-order chi connectivity index (χ0) is 25.1. The van der Waals surface area contributed by atoms with Crippen molar-refractivity contribution in [1.82, 2.24) is 9.88 Å². The molecular weight excluding hydrogens is 454 g/mol. The number of pyridine rings is 1. The Kier molecular flexibility index (Phi) is 7.23. The van der Waals surface area contributed by atoms with Crippen molar-refractivity contribution in [3.05, 3.63) is 65.4 Å². The number of carbonyl (C=O) groups excluding carboxylic acids is 1. The second kappa shape index (κ2) is 10.5. The van der Waals surface area contributed by atoms with E-state index in [0.29, 0.717) is 12.2 Å². The lowest BCUT2D eigenvalue weighted by Gasteiger charge is -2.35. The Hall–Kier alpha value is -3.00. The average molecular weight is 490 g/mol. The molecule has 2 aliphatic rings. The van der Waals surface area contributed by atoms with E-state index in [9.17, 15) is 9.90 Å². The molecule has 3 aromatic rings. The van der Waals surface area contributed by atoms with Crippen molar-refractivity contribution in [2.24, 2.45) is 0 Å². The number of hydrogen-bond donors (Lipinski definition) is 2. The van der Waals surface area contributed by atoms with Crippen LogP contribution >= 0.6 is 0 Å². The van der Waals surface area contributed by atoms with Crippen LogP contribution in [-0.4, -0.2) is 58.9 Å². The van der Waals surface area contributed by atoms with Crippen molar-refractivity contribution in [2.45, 2.75) is 57.8 Å². The lowest BCUT2D eigenvalue weighted by Crippen LogP contribution is -2.41. The van der Waals surface area contributed by atoms with Gasteiger partial charge in [0, 0.05) is 49.1 Å². The lowest BCUT2D eigenvalue weighted by atomic mass is 9.93. The highest BCUT2D eigenvalue weighted by atomic mass is 16.5. The van der Waals surface area contributed by atoms with E-state index in [1.54, 1.807) is 12.1 Å². The van der Waals surface area contributed by atoms with E-state index in [2.05, 4.69) is 16.3 Å². The van der Waals surface area contributed by atoms with Gasteiger partial charge in [0.25, 0.3) is 5.91 Å². The van der Waals surface area contributed by atoms with Gasteiger partial charge in [-0.15, -0.1) is 0 Å².